The lowest BCUT2D eigenvalue weighted by atomic mass is 9.72. The summed E-state index contributed by atoms with van der Waals surface area (Å²) >= 11 is 1.45. The van der Waals surface area contributed by atoms with Crippen molar-refractivity contribution in [3.8, 4) is 0 Å². The molecule has 7 N–H and O–H groups in total. The van der Waals surface area contributed by atoms with Crippen molar-refractivity contribution in [3.05, 3.63) is 94.1 Å². The van der Waals surface area contributed by atoms with Gasteiger partial charge in [0.25, 0.3) is 0 Å². The number of aryl methyl sites for hydroxylation is 1. The third-order valence-electron chi connectivity index (χ3n) is 10.6. The summed E-state index contributed by atoms with van der Waals surface area (Å²) in [5.41, 5.74) is 15.0. The van der Waals surface area contributed by atoms with E-state index in [0.717, 1.165) is 36.0 Å². The molecule has 12 heteroatoms. The maximum Gasteiger partial charge on any atom is 0.248 e. The fourth-order valence-corrected chi connectivity index (χ4v) is 7.47. The van der Waals surface area contributed by atoms with Crippen LogP contribution < -0.4 is 27.4 Å². The molecule has 0 saturated heterocycles. The predicted octanol–water partition coefficient (Wildman–Crippen LogP) is 2.46. The van der Waals surface area contributed by atoms with Crippen molar-refractivity contribution in [3.63, 3.8) is 0 Å². The molecule has 3 aliphatic rings. The van der Waals surface area contributed by atoms with Gasteiger partial charge >= 0.3 is 0 Å². The molecular formula is C38H48N6O5S. The fraction of sp³-hybridized carbons (Fsp3) is 0.447. The van der Waals surface area contributed by atoms with Crippen molar-refractivity contribution >= 4 is 41.3 Å². The molecule has 1 heterocycles. The number of rotatable bonds is 11. The summed E-state index contributed by atoms with van der Waals surface area (Å²) in [7, 11) is 1.68. The van der Waals surface area contributed by atoms with Crippen LogP contribution in [-0.2, 0) is 48.8 Å². The van der Waals surface area contributed by atoms with Gasteiger partial charge in [0.2, 0.25) is 29.5 Å². The van der Waals surface area contributed by atoms with Gasteiger partial charge in [-0.1, -0.05) is 60.7 Å². The summed E-state index contributed by atoms with van der Waals surface area (Å²) < 4.78 is -0.723. The number of hydrogen-bond donors (Lipinski definition) is 5. The van der Waals surface area contributed by atoms with Gasteiger partial charge in [-0.3, -0.25) is 24.0 Å². The van der Waals surface area contributed by atoms with Crippen LogP contribution in [0.4, 0.5) is 0 Å². The van der Waals surface area contributed by atoms with Crippen LogP contribution in [0.1, 0.15) is 73.9 Å². The van der Waals surface area contributed by atoms with Crippen molar-refractivity contribution in [1.29, 1.82) is 0 Å². The van der Waals surface area contributed by atoms with E-state index in [0.29, 0.717) is 11.1 Å². The molecule has 0 radical (unpaired) electrons. The first-order chi connectivity index (χ1) is 23.7. The first-order valence-electron chi connectivity index (χ1n) is 17.0. The number of carbonyl (C=O) groups is 5. The molecule has 5 rings (SSSR count). The minimum absolute atomic E-state index is 0.0701. The zero-order valence-electron chi connectivity index (χ0n) is 29.4. The van der Waals surface area contributed by atoms with Crippen LogP contribution in [0.15, 0.2) is 66.3 Å². The van der Waals surface area contributed by atoms with E-state index < -0.39 is 40.1 Å². The molecule has 0 aromatic heterocycles. The van der Waals surface area contributed by atoms with Gasteiger partial charge in [-0.15, -0.1) is 0 Å². The zero-order valence-corrected chi connectivity index (χ0v) is 30.2. The highest BCUT2D eigenvalue weighted by Gasteiger charge is 2.45. The number of nitrogens with two attached hydrogens (primary N) is 2. The van der Waals surface area contributed by atoms with Gasteiger partial charge < -0.3 is 32.3 Å². The van der Waals surface area contributed by atoms with Crippen molar-refractivity contribution in [2.24, 2.45) is 11.5 Å². The van der Waals surface area contributed by atoms with E-state index in [-0.39, 0.29) is 43.1 Å². The average Bonchev–Trinajstić information content (AvgIpc) is 3.12. The Morgan fingerprint density at radius 1 is 1.04 bits per heavy atom. The first-order valence-corrected chi connectivity index (χ1v) is 18.3. The summed E-state index contributed by atoms with van der Waals surface area (Å²) in [5.74, 6) is -2.16. The lowest BCUT2D eigenvalue weighted by Gasteiger charge is -2.42. The van der Waals surface area contributed by atoms with Gasteiger partial charge in [0.05, 0.1) is 17.5 Å². The zero-order chi connectivity index (χ0) is 36.4. The van der Waals surface area contributed by atoms with Crippen LogP contribution in [0.25, 0.3) is 0 Å². The molecule has 266 valence electrons. The summed E-state index contributed by atoms with van der Waals surface area (Å²) in [6, 6.07) is 11.1. The van der Waals surface area contributed by atoms with E-state index in [1.807, 2.05) is 56.5 Å². The third-order valence-corrected chi connectivity index (χ3v) is 11.9. The Balaban J connectivity index is 1.54. The highest BCUT2D eigenvalue weighted by atomic mass is 32.2. The second kappa shape index (κ2) is 14.8. The number of primary amides is 2. The molecule has 0 spiro atoms. The number of hydrogen-bond acceptors (Lipinski definition) is 7. The fourth-order valence-electron chi connectivity index (χ4n) is 7.08. The number of amides is 5. The minimum atomic E-state index is -1.23. The van der Waals surface area contributed by atoms with Crippen molar-refractivity contribution in [2.75, 3.05) is 13.3 Å². The molecule has 1 unspecified atom stereocenters. The highest BCUT2D eigenvalue weighted by molar-refractivity contribution is 8.00. The maximum absolute atomic E-state index is 14.8. The second-order valence-corrected chi connectivity index (χ2v) is 15.4. The molecule has 1 aliphatic heterocycles. The van der Waals surface area contributed by atoms with Crippen LogP contribution in [-0.4, -0.2) is 70.6 Å². The number of nitrogens with one attached hydrogen (secondary N) is 3. The predicted molar refractivity (Wildman–Crippen MR) is 195 cm³/mol. The summed E-state index contributed by atoms with van der Waals surface area (Å²) in [6.45, 7) is 5.58. The topological polar surface area (TPSA) is 177 Å². The third kappa shape index (κ3) is 7.22. The van der Waals surface area contributed by atoms with Gasteiger partial charge in [-0.05, 0) is 87.6 Å². The molecule has 0 bridgehead atoms. The summed E-state index contributed by atoms with van der Waals surface area (Å²) in [5, 5.41) is 9.17. The molecule has 11 nitrogen and oxygen atoms in total. The molecular weight excluding hydrogens is 653 g/mol. The van der Waals surface area contributed by atoms with Gasteiger partial charge in [0, 0.05) is 23.3 Å². The standard InChI is InChI=1S/C38H48N6O5S/c1-22(41-4)33(46)43-31(37(2,3)50-5)35(48)44-21-26-19-27(38(36(40)49)17-15-24(16-18-38)32(39)45)14-13-25(26)20-30(44)34(47)42-29-12-8-10-23-9-6-7-11-28(23)29/h6-7,9,11,13-17,19,22,29-31,41H,8,10,12,18,20-21H2,1-5H3,(H2,39,45)(H2,40,49)(H,42,47)(H,43,46)/t22-,29+,30-,31+,38?/m0/s1. The van der Waals surface area contributed by atoms with Crippen LogP contribution in [0.2, 0.25) is 0 Å². The number of allylic oxidation sites excluding steroid dienone is 1. The molecule has 2 aliphatic carbocycles. The number of likely N-dealkylation sites (N-methyl/N-ethyl adjacent to an activating group) is 1. The summed E-state index contributed by atoms with van der Waals surface area (Å²) in [6.07, 6.45) is 9.67. The smallest absolute Gasteiger partial charge is 0.248 e. The van der Waals surface area contributed by atoms with Crippen LogP contribution in [0.3, 0.4) is 0 Å². The molecule has 2 aromatic carbocycles. The van der Waals surface area contributed by atoms with E-state index in [1.165, 1.54) is 23.4 Å². The number of fused-ring (bicyclic) bond motifs is 2. The van der Waals surface area contributed by atoms with Crippen molar-refractivity contribution < 1.29 is 24.0 Å². The molecule has 50 heavy (non-hydrogen) atoms. The number of carbonyl (C=O) groups excluding carboxylic acids is 5. The Morgan fingerprint density at radius 3 is 2.42 bits per heavy atom. The molecule has 2 aromatic rings. The van der Waals surface area contributed by atoms with E-state index in [2.05, 4.69) is 22.0 Å². The maximum atomic E-state index is 14.8. The molecule has 0 saturated carbocycles. The normalized spacial score (nSPS) is 22.7. The van der Waals surface area contributed by atoms with Gasteiger partial charge in [0.15, 0.2) is 0 Å². The lowest BCUT2D eigenvalue weighted by Crippen LogP contribution is -2.63. The van der Waals surface area contributed by atoms with E-state index in [1.54, 1.807) is 31.0 Å². The van der Waals surface area contributed by atoms with Crippen LogP contribution in [0, 0.1) is 0 Å². The highest BCUT2D eigenvalue weighted by Crippen LogP contribution is 2.38. The van der Waals surface area contributed by atoms with E-state index in [4.69, 9.17) is 11.5 Å². The Labute approximate surface area is 298 Å². The quantitative estimate of drug-likeness (QED) is 0.239. The SMILES string of the molecule is CN[C@@H](C)C(=O)N[C@H](C(=O)N1Cc2cc(C3(C(N)=O)C=CC(C(N)=O)=CC3)ccc2C[C@H]1C(=O)N[C@@H]1CCCc2ccccc21)C(C)(C)SC. The van der Waals surface area contributed by atoms with Crippen LogP contribution >= 0.6 is 11.8 Å². The molecule has 5 atom stereocenters. The van der Waals surface area contributed by atoms with Crippen molar-refractivity contribution in [2.45, 2.75) is 93.7 Å². The first kappa shape index (κ1) is 36.9. The largest absolute Gasteiger partial charge is 0.369 e. The molecule has 0 fully saturated rings. The second-order valence-electron chi connectivity index (χ2n) is 14.0. The van der Waals surface area contributed by atoms with E-state index >= 15 is 0 Å². The Bertz CT molecular complexity index is 1750. The van der Waals surface area contributed by atoms with Crippen molar-refractivity contribution in [1.82, 2.24) is 20.9 Å². The molecule has 5 amide bonds. The minimum Gasteiger partial charge on any atom is -0.369 e. The van der Waals surface area contributed by atoms with E-state index in [9.17, 15) is 24.0 Å². The number of benzene rings is 2. The van der Waals surface area contributed by atoms with Gasteiger partial charge in [-0.2, -0.15) is 11.8 Å². The number of nitrogens with zero attached hydrogens (tertiary/aromatic N) is 1. The Kier molecular flexibility index (Phi) is 10.9. The monoisotopic (exact) mass is 700 g/mol. The van der Waals surface area contributed by atoms with Gasteiger partial charge in [-0.25, -0.2) is 0 Å². The lowest BCUT2D eigenvalue weighted by molar-refractivity contribution is -0.145. The van der Waals surface area contributed by atoms with Crippen LogP contribution in [0.5, 0.6) is 0 Å². The number of thioether (sulfide) groups is 1. The Hall–Kier alpha value is -4.42. The Morgan fingerprint density at radius 2 is 1.78 bits per heavy atom. The van der Waals surface area contributed by atoms with Gasteiger partial charge in [0.1, 0.15) is 12.1 Å². The average molecular weight is 701 g/mol. The summed E-state index contributed by atoms with van der Waals surface area (Å²) in [4.78, 5) is 68.7.